The number of nitrogens with two attached hydrogens (primary N) is 1. The molecule has 1 unspecified atom stereocenters. The zero-order chi connectivity index (χ0) is 16.7. The van der Waals surface area contributed by atoms with E-state index >= 15 is 0 Å². The highest BCUT2D eigenvalue weighted by molar-refractivity contribution is 5.88. The van der Waals surface area contributed by atoms with Crippen LogP contribution in [0, 0.1) is 0 Å². The minimum Gasteiger partial charge on any atom is -0.492 e. The van der Waals surface area contributed by atoms with Crippen LogP contribution in [0.5, 0.6) is 5.75 Å². The van der Waals surface area contributed by atoms with E-state index in [9.17, 15) is 4.79 Å². The first-order valence-electron chi connectivity index (χ1n) is 7.76. The average molecular weight is 316 g/mol. The molecule has 2 aromatic rings. The number of amides is 1. The van der Waals surface area contributed by atoms with E-state index in [4.69, 9.17) is 15.2 Å². The molecule has 0 spiro atoms. The standard InChI is InChI=1S/C18H24N2O3/c1-14(18(19)21)20(10-12-22-2)11-13-23-17-9-5-7-15-6-3-4-8-16(15)17/h3-9,14H,10-13H2,1-2H3,(H2,19,21). The molecular weight excluding hydrogens is 292 g/mol. The number of primary amides is 1. The number of rotatable bonds is 9. The Labute approximate surface area is 137 Å². The molecular formula is C18H24N2O3. The largest absolute Gasteiger partial charge is 0.492 e. The number of hydrogen-bond donors (Lipinski definition) is 1. The molecule has 0 aliphatic heterocycles. The van der Waals surface area contributed by atoms with Gasteiger partial charge in [0.05, 0.1) is 12.6 Å². The Bertz CT molecular complexity index is 640. The first-order valence-corrected chi connectivity index (χ1v) is 7.76. The van der Waals surface area contributed by atoms with Crippen LogP contribution in [0.25, 0.3) is 10.8 Å². The predicted octanol–water partition coefficient (Wildman–Crippen LogP) is 2.04. The van der Waals surface area contributed by atoms with Gasteiger partial charge in [-0.2, -0.15) is 0 Å². The number of methoxy groups -OCH3 is 1. The minimum atomic E-state index is -0.346. The number of nitrogens with zero attached hydrogens (tertiary/aromatic N) is 1. The van der Waals surface area contributed by atoms with Gasteiger partial charge in [0.1, 0.15) is 12.4 Å². The second-order valence-corrected chi connectivity index (χ2v) is 5.43. The maximum absolute atomic E-state index is 11.4. The number of fused-ring (bicyclic) bond motifs is 1. The Morgan fingerprint density at radius 3 is 2.57 bits per heavy atom. The molecule has 0 fully saturated rings. The first-order chi connectivity index (χ1) is 11.1. The van der Waals surface area contributed by atoms with Crippen molar-refractivity contribution in [3.05, 3.63) is 42.5 Å². The quantitative estimate of drug-likeness (QED) is 0.769. The van der Waals surface area contributed by atoms with Crippen LogP contribution in [0.2, 0.25) is 0 Å². The van der Waals surface area contributed by atoms with E-state index in [1.165, 1.54) is 0 Å². The lowest BCUT2D eigenvalue weighted by molar-refractivity contribution is -0.123. The molecule has 2 rings (SSSR count). The van der Waals surface area contributed by atoms with Crippen LogP contribution in [0.4, 0.5) is 0 Å². The van der Waals surface area contributed by atoms with Crippen LogP contribution < -0.4 is 10.5 Å². The van der Waals surface area contributed by atoms with E-state index in [1.807, 2.05) is 35.2 Å². The molecule has 2 N–H and O–H groups in total. The summed E-state index contributed by atoms with van der Waals surface area (Å²) in [6.07, 6.45) is 0. The zero-order valence-corrected chi connectivity index (χ0v) is 13.7. The average Bonchev–Trinajstić information content (AvgIpc) is 2.57. The van der Waals surface area contributed by atoms with Gasteiger partial charge in [-0.15, -0.1) is 0 Å². The molecule has 0 heterocycles. The Kier molecular flexibility index (Phi) is 6.38. The van der Waals surface area contributed by atoms with Crippen LogP contribution >= 0.6 is 0 Å². The third-order valence-electron chi connectivity index (χ3n) is 3.93. The summed E-state index contributed by atoms with van der Waals surface area (Å²) in [4.78, 5) is 13.4. The van der Waals surface area contributed by atoms with Crippen LogP contribution in [-0.4, -0.2) is 50.3 Å². The highest BCUT2D eigenvalue weighted by Crippen LogP contribution is 2.25. The van der Waals surface area contributed by atoms with E-state index in [2.05, 4.69) is 12.1 Å². The highest BCUT2D eigenvalue weighted by atomic mass is 16.5. The van der Waals surface area contributed by atoms with Gasteiger partial charge < -0.3 is 15.2 Å². The molecule has 2 aromatic carbocycles. The Hall–Kier alpha value is -2.11. The van der Waals surface area contributed by atoms with Gasteiger partial charge in [0.2, 0.25) is 5.91 Å². The van der Waals surface area contributed by atoms with Crippen molar-refractivity contribution >= 4 is 16.7 Å². The van der Waals surface area contributed by atoms with E-state index in [1.54, 1.807) is 14.0 Å². The normalized spacial score (nSPS) is 12.5. The second kappa shape index (κ2) is 8.50. The second-order valence-electron chi connectivity index (χ2n) is 5.43. The maximum atomic E-state index is 11.4. The van der Waals surface area contributed by atoms with E-state index in [0.717, 1.165) is 16.5 Å². The number of carbonyl (C=O) groups is 1. The predicted molar refractivity (Wildman–Crippen MR) is 91.5 cm³/mol. The molecule has 0 aromatic heterocycles. The number of ether oxygens (including phenoxy) is 2. The van der Waals surface area contributed by atoms with Gasteiger partial charge in [-0.05, 0) is 18.4 Å². The number of carbonyl (C=O) groups excluding carboxylic acids is 1. The Morgan fingerprint density at radius 2 is 1.83 bits per heavy atom. The van der Waals surface area contributed by atoms with Crippen LogP contribution in [0.15, 0.2) is 42.5 Å². The summed E-state index contributed by atoms with van der Waals surface area (Å²) < 4.78 is 11.0. The number of benzene rings is 2. The molecule has 0 saturated carbocycles. The van der Waals surface area contributed by atoms with Gasteiger partial charge >= 0.3 is 0 Å². The molecule has 124 valence electrons. The SMILES string of the molecule is COCCN(CCOc1cccc2ccccc12)C(C)C(N)=O. The molecule has 1 amide bonds. The van der Waals surface area contributed by atoms with Crippen LogP contribution in [0.3, 0.4) is 0 Å². The van der Waals surface area contributed by atoms with Crippen molar-refractivity contribution in [2.45, 2.75) is 13.0 Å². The molecule has 0 saturated heterocycles. The highest BCUT2D eigenvalue weighted by Gasteiger charge is 2.18. The van der Waals surface area contributed by atoms with Gasteiger partial charge in [-0.25, -0.2) is 0 Å². The molecule has 0 bridgehead atoms. The molecule has 1 atom stereocenters. The maximum Gasteiger partial charge on any atom is 0.234 e. The van der Waals surface area contributed by atoms with Crippen molar-refractivity contribution in [2.24, 2.45) is 5.73 Å². The van der Waals surface area contributed by atoms with Crippen molar-refractivity contribution in [1.82, 2.24) is 4.90 Å². The summed E-state index contributed by atoms with van der Waals surface area (Å²) in [6, 6.07) is 13.7. The minimum absolute atomic E-state index is 0.341. The van der Waals surface area contributed by atoms with Gasteiger partial charge in [0, 0.05) is 25.6 Å². The molecule has 5 nitrogen and oxygen atoms in total. The van der Waals surface area contributed by atoms with Crippen molar-refractivity contribution in [3.8, 4) is 5.75 Å². The fourth-order valence-corrected chi connectivity index (χ4v) is 2.48. The van der Waals surface area contributed by atoms with Crippen molar-refractivity contribution < 1.29 is 14.3 Å². The van der Waals surface area contributed by atoms with Gasteiger partial charge in [0.15, 0.2) is 0 Å². The third-order valence-corrected chi connectivity index (χ3v) is 3.93. The smallest absolute Gasteiger partial charge is 0.234 e. The van der Waals surface area contributed by atoms with Crippen molar-refractivity contribution in [3.63, 3.8) is 0 Å². The monoisotopic (exact) mass is 316 g/mol. The van der Waals surface area contributed by atoms with Crippen molar-refractivity contribution in [1.29, 1.82) is 0 Å². The summed E-state index contributed by atoms with van der Waals surface area (Å²) >= 11 is 0. The van der Waals surface area contributed by atoms with Gasteiger partial charge in [-0.1, -0.05) is 36.4 Å². The van der Waals surface area contributed by atoms with E-state index in [-0.39, 0.29) is 11.9 Å². The summed E-state index contributed by atoms with van der Waals surface area (Å²) in [5.41, 5.74) is 5.40. The molecule has 5 heteroatoms. The molecule has 0 aliphatic rings. The Balaban J connectivity index is 1.99. The fourth-order valence-electron chi connectivity index (χ4n) is 2.48. The van der Waals surface area contributed by atoms with Gasteiger partial charge in [0.25, 0.3) is 0 Å². The lowest BCUT2D eigenvalue weighted by Crippen LogP contribution is -2.45. The lowest BCUT2D eigenvalue weighted by atomic mass is 10.1. The summed E-state index contributed by atoms with van der Waals surface area (Å²) in [5, 5.41) is 2.23. The van der Waals surface area contributed by atoms with E-state index < -0.39 is 0 Å². The summed E-state index contributed by atoms with van der Waals surface area (Å²) in [5.74, 6) is 0.507. The molecule has 0 radical (unpaired) electrons. The van der Waals surface area contributed by atoms with Gasteiger partial charge in [-0.3, -0.25) is 9.69 Å². The summed E-state index contributed by atoms with van der Waals surface area (Å²) in [6.45, 7) is 4.08. The zero-order valence-electron chi connectivity index (χ0n) is 13.7. The number of hydrogen-bond acceptors (Lipinski definition) is 4. The van der Waals surface area contributed by atoms with E-state index in [0.29, 0.717) is 26.3 Å². The Morgan fingerprint density at radius 1 is 1.13 bits per heavy atom. The van der Waals surface area contributed by atoms with Crippen LogP contribution in [0.1, 0.15) is 6.92 Å². The third kappa shape index (κ3) is 4.68. The molecule has 0 aliphatic carbocycles. The molecule has 23 heavy (non-hydrogen) atoms. The van der Waals surface area contributed by atoms with Crippen molar-refractivity contribution in [2.75, 3.05) is 33.4 Å². The fraction of sp³-hybridized carbons (Fsp3) is 0.389. The first kappa shape index (κ1) is 17.2. The summed E-state index contributed by atoms with van der Waals surface area (Å²) in [7, 11) is 1.64. The topological polar surface area (TPSA) is 64.8 Å². The lowest BCUT2D eigenvalue weighted by Gasteiger charge is -2.26. The van der Waals surface area contributed by atoms with Crippen LogP contribution in [-0.2, 0) is 9.53 Å².